The van der Waals surface area contributed by atoms with Gasteiger partial charge in [0.05, 0.1) is 0 Å². The van der Waals surface area contributed by atoms with Crippen LogP contribution >= 0.6 is 0 Å². The van der Waals surface area contributed by atoms with Crippen molar-refractivity contribution in [2.24, 2.45) is 23.5 Å². The van der Waals surface area contributed by atoms with Gasteiger partial charge < -0.3 is 5.73 Å². The molecule has 0 bridgehead atoms. The van der Waals surface area contributed by atoms with Gasteiger partial charge in [-0.3, -0.25) is 0 Å². The average molecular weight is 278 g/mol. The Bertz CT molecular complexity index is 402. The molecule has 20 heavy (non-hydrogen) atoms. The van der Waals surface area contributed by atoms with E-state index >= 15 is 0 Å². The molecule has 1 unspecified atom stereocenters. The predicted molar refractivity (Wildman–Crippen MR) is 82.4 cm³/mol. The molecule has 1 fully saturated rings. The first kappa shape index (κ1) is 15.5. The molecule has 1 saturated carbocycles. The Balaban J connectivity index is 1.89. The van der Waals surface area contributed by atoms with Gasteiger partial charge in [-0.05, 0) is 57.3 Å². The van der Waals surface area contributed by atoms with Crippen LogP contribution in [0.4, 0.5) is 0 Å². The Hall–Kier alpha value is -0.900. The average Bonchev–Trinajstić information content (AvgIpc) is 2.87. The van der Waals surface area contributed by atoms with E-state index in [0.717, 1.165) is 24.1 Å². The Morgan fingerprint density at radius 1 is 1.15 bits per heavy atom. The molecular formula is C16H30N4. The zero-order valence-corrected chi connectivity index (χ0v) is 13.4. The molecular weight excluding hydrogens is 248 g/mol. The predicted octanol–water partition coefficient (Wildman–Crippen LogP) is 3.19. The third kappa shape index (κ3) is 3.60. The van der Waals surface area contributed by atoms with E-state index < -0.39 is 0 Å². The molecule has 4 heteroatoms. The summed E-state index contributed by atoms with van der Waals surface area (Å²) in [5.74, 6) is 3.41. The van der Waals surface area contributed by atoms with Crippen molar-refractivity contribution in [1.29, 1.82) is 0 Å². The van der Waals surface area contributed by atoms with Gasteiger partial charge in [-0.15, -0.1) is 0 Å². The van der Waals surface area contributed by atoms with E-state index in [1.165, 1.54) is 25.7 Å². The molecule has 114 valence electrons. The number of hydrogen-bond donors (Lipinski definition) is 1. The van der Waals surface area contributed by atoms with E-state index in [4.69, 9.17) is 5.73 Å². The molecule has 0 radical (unpaired) electrons. The smallest absolute Gasteiger partial charge is 0.138 e. The lowest BCUT2D eigenvalue weighted by molar-refractivity contribution is 0.201. The summed E-state index contributed by atoms with van der Waals surface area (Å²) in [4.78, 5) is 4.39. The van der Waals surface area contributed by atoms with Gasteiger partial charge in [0.15, 0.2) is 0 Å². The molecule has 0 aliphatic heterocycles. The summed E-state index contributed by atoms with van der Waals surface area (Å²) in [6.07, 6.45) is 7.74. The highest BCUT2D eigenvalue weighted by Gasteiger charge is 2.28. The van der Waals surface area contributed by atoms with Crippen molar-refractivity contribution in [3.63, 3.8) is 0 Å². The fourth-order valence-electron chi connectivity index (χ4n) is 3.47. The van der Waals surface area contributed by atoms with Gasteiger partial charge in [0, 0.05) is 18.5 Å². The molecule has 1 aliphatic carbocycles. The Morgan fingerprint density at radius 3 is 2.30 bits per heavy atom. The van der Waals surface area contributed by atoms with Gasteiger partial charge in [0.25, 0.3) is 0 Å². The van der Waals surface area contributed by atoms with Crippen molar-refractivity contribution >= 4 is 0 Å². The SMILES string of the molecule is CC(C)C1CCC(C(N)Cc2ncnn2C(C)C)CC1. The minimum Gasteiger partial charge on any atom is -0.327 e. The fourth-order valence-corrected chi connectivity index (χ4v) is 3.47. The maximum Gasteiger partial charge on any atom is 0.138 e. The molecule has 0 aromatic carbocycles. The second kappa shape index (κ2) is 6.70. The molecule has 1 aromatic rings. The number of aromatic nitrogens is 3. The van der Waals surface area contributed by atoms with Crippen molar-refractivity contribution in [3.8, 4) is 0 Å². The second-order valence-electron chi connectivity index (χ2n) is 7.00. The summed E-state index contributed by atoms with van der Waals surface area (Å²) < 4.78 is 2.00. The van der Waals surface area contributed by atoms with Crippen LogP contribution in [0.1, 0.15) is 65.2 Å². The molecule has 2 N–H and O–H groups in total. The first-order valence-corrected chi connectivity index (χ1v) is 8.13. The van der Waals surface area contributed by atoms with E-state index in [1.54, 1.807) is 6.33 Å². The summed E-state index contributed by atoms with van der Waals surface area (Å²) in [6, 6.07) is 0.584. The van der Waals surface area contributed by atoms with Crippen molar-refractivity contribution in [3.05, 3.63) is 12.2 Å². The van der Waals surface area contributed by atoms with E-state index in [-0.39, 0.29) is 6.04 Å². The van der Waals surface area contributed by atoms with E-state index in [9.17, 15) is 0 Å². The van der Waals surface area contributed by atoms with Crippen LogP contribution in [0.2, 0.25) is 0 Å². The number of hydrogen-bond acceptors (Lipinski definition) is 3. The van der Waals surface area contributed by atoms with Gasteiger partial charge >= 0.3 is 0 Å². The third-order valence-electron chi connectivity index (χ3n) is 4.92. The first-order chi connectivity index (χ1) is 9.49. The minimum atomic E-state index is 0.227. The van der Waals surface area contributed by atoms with Crippen LogP contribution in [0.25, 0.3) is 0 Å². The Morgan fingerprint density at radius 2 is 1.75 bits per heavy atom. The van der Waals surface area contributed by atoms with Crippen LogP contribution in [0.15, 0.2) is 6.33 Å². The fraction of sp³-hybridized carbons (Fsp3) is 0.875. The van der Waals surface area contributed by atoms with Crippen LogP contribution in [0.5, 0.6) is 0 Å². The lowest BCUT2D eigenvalue weighted by Gasteiger charge is -2.33. The molecule has 0 saturated heterocycles. The Labute approximate surface area is 123 Å². The van der Waals surface area contributed by atoms with Crippen molar-refractivity contribution in [1.82, 2.24) is 14.8 Å². The van der Waals surface area contributed by atoms with Crippen molar-refractivity contribution in [2.45, 2.75) is 71.9 Å². The maximum atomic E-state index is 6.45. The van der Waals surface area contributed by atoms with Crippen LogP contribution in [0.3, 0.4) is 0 Å². The monoisotopic (exact) mass is 278 g/mol. The van der Waals surface area contributed by atoms with Crippen LogP contribution in [-0.4, -0.2) is 20.8 Å². The summed E-state index contributed by atoms with van der Waals surface area (Å²) in [6.45, 7) is 8.96. The molecule has 1 aliphatic rings. The standard InChI is InChI=1S/C16H30N4/c1-11(2)13-5-7-14(8-6-13)15(17)9-16-18-10-19-20(16)12(3)4/h10-15H,5-9,17H2,1-4H3. The van der Waals surface area contributed by atoms with Crippen molar-refractivity contribution in [2.75, 3.05) is 0 Å². The number of nitrogens with two attached hydrogens (primary N) is 1. The first-order valence-electron chi connectivity index (χ1n) is 8.13. The molecule has 1 heterocycles. The van der Waals surface area contributed by atoms with Crippen molar-refractivity contribution < 1.29 is 0 Å². The molecule has 1 aromatic heterocycles. The molecule has 0 amide bonds. The zero-order chi connectivity index (χ0) is 14.7. The summed E-state index contributed by atoms with van der Waals surface area (Å²) in [7, 11) is 0. The summed E-state index contributed by atoms with van der Waals surface area (Å²) in [5, 5.41) is 4.30. The van der Waals surface area contributed by atoms with E-state index in [2.05, 4.69) is 37.8 Å². The van der Waals surface area contributed by atoms with E-state index in [0.29, 0.717) is 12.0 Å². The summed E-state index contributed by atoms with van der Waals surface area (Å²) in [5.41, 5.74) is 6.45. The largest absolute Gasteiger partial charge is 0.327 e. The maximum absolute atomic E-state index is 6.45. The lowest BCUT2D eigenvalue weighted by Crippen LogP contribution is -2.36. The van der Waals surface area contributed by atoms with Gasteiger partial charge in [-0.1, -0.05) is 13.8 Å². The molecule has 0 spiro atoms. The van der Waals surface area contributed by atoms with Crippen LogP contribution in [0, 0.1) is 17.8 Å². The van der Waals surface area contributed by atoms with Gasteiger partial charge in [-0.25, -0.2) is 9.67 Å². The number of nitrogens with zero attached hydrogens (tertiary/aromatic N) is 3. The van der Waals surface area contributed by atoms with Crippen LogP contribution < -0.4 is 5.73 Å². The number of rotatable bonds is 5. The third-order valence-corrected chi connectivity index (χ3v) is 4.92. The molecule has 4 nitrogen and oxygen atoms in total. The van der Waals surface area contributed by atoms with E-state index in [1.807, 2.05) is 4.68 Å². The van der Waals surface area contributed by atoms with Crippen LogP contribution in [-0.2, 0) is 6.42 Å². The minimum absolute atomic E-state index is 0.227. The molecule has 1 atom stereocenters. The highest BCUT2D eigenvalue weighted by atomic mass is 15.3. The lowest BCUT2D eigenvalue weighted by atomic mass is 9.74. The molecule has 2 rings (SSSR count). The second-order valence-corrected chi connectivity index (χ2v) is 7.00. The van der Waals surface area contributed by atoms with Gasteiger partial charge in [0.1, 0.15) is 12.2 Å². The summed E-state index contributed by atoms with van der Waals surface area (Å²) >= 11 is 0. The van der Waals surface area contributed by atoms with Gasteiger partial charge in [0.2, 0.25) is 0 Å². The Kier molecular flexibility index (Phi) is 5.19. The highest BCUT2D eigenvalue weighted by Crippen LogP contribution is 2.34. The zero-order valence-electron chi connectivity index (χ0n) is 13.4. The quantitative estimate of drug-likeness (QED) is 0.900. The highest BCUT2D eigenvalue weighted by molar-refractivity contribution is 4.93. The normalized spacial score (nSPS) is 25.4. The topological polar surface area (TPSA) is 56.7 Å². The van der Waals surface area contributed by atoms with Gasteiger partial charge in [-0.2, -0.15) is 5.10 Å².